The number of ether oxygens (including phenoxy) is 1. The summed E-state index contributed by atoms with van der Waals surface area (Å²) in [6.07, 6.45) is 0. The number of hydrogen-bond donors (Lipinski definition) is 1. The lowest BCUT2D eigenvalue weighted by Crippen LogP contribution is -2.13. The van der Waals surface area contributed by atoms with Crippen LogP contribution in [0.15, 0.2) is 0 Å². The fourth-order valence-corrected chi connectivity index (χ4v) is 0.209. The Hall–Kier alpha value is -0.570. The van der Waals surface area contributed by atoms with Crippen molar-refractivity contribution in [2.24, 2.45) is 0 Å². The fourth-order valence-electron chi connectivity index (χ4n) is 0.209. The molecule has 0 saturated heterocycles. The van der Waals surface area contributed by atoms with Gasteiger partial charge in [0.1, 0.15) is 6.61 Å². The van der Waals surface area contributed by atoms with E-state index in [2.05, 4.69) is 10.1 Å². The van der Waals surface area contributed by atoms with Crippen LogP contribution in [0, 0.1) is 0 Å². The molecule has 3 heteroatoms. The number of hydrogen-bond acceptors (Lipinski definition) is 3. The predicted octanol–water partition coefficient (Wildman–Crippen LogP) is 0.405. The summed E-state index contributed by atoms with van der Waals surface area (Å²) in [4.78, 5) is 9.43. The van der Waals surface area contributed by atoms with E-state index in [1.165, 1.54) is 0 Å². The minimum absolute atomic E-state index is 0.442. The maximum atomic E-state index is 9.43. The van der Waals surface area contributed by atoms with E-state index in [1.54, 1.807) is 7.05 Å². The van der Waals surface area contributed by atoms with Crippen LogP contribution in [0.4, 0.5) is 0 Å². The first-order chi connectivity index (χ1) is 4.41. The topological polar surface area (TPSA) is 38.3 Å². The van der Waals surface area contributed by atoms with E-state index in [0.717, 1.165) is 6.54 Å². The van der Waals surface area contributed by atoms with Crippen LogP contribution >= 0.6 is 0 Å². The first-order valence-electron chi connectivity index (χ1n) is 3.11. The molecule has 0 aromatic rings. The van der Waals surface area contributed by atoms with Gasteiger partial charge in [0.25, 0.3) is 6.47 Å². The molecule has 3 nitrogen and oxygen atoms in total. The number of rotatable bonds is 4. The lowest BCUT2D eigenvalue weighted by atomic mass is 10.7. The van der Waals surface area contributed by atoms with Gasteiger partial charge in [-0.05, 0) is 7.05 Å². The van der Waals surface area contributed by atoms with Crippen molar-refractivity contribution >= 4 is 6.47 Å². The molecule has 0 spiro atoms. The van der Waals surface area contributed by atoms with Gasteiger partial charge in [-0.2, -0.15) is 0 Å². The van der Waals surface area contributed by atoms with Gasteiger partial charge in [0, 0.05) is 6.54 Å². The quantitative estimate of drug-likeness (QED) is 0.446. The van der Waals surface area contributed by atoms with E-state index in [0.29, 0.717) is 13.1 Å². The van der Waals surface area contributed by atoms with Gasteiger partial charge in [-0.15, -0.1) is 0 Å². The third-order valence-electron chi connectivity index (χ3n) is 0.538. The van der Waals surface area contributed by atoms with Gasteiger partial charge in [-0.3, -0.25) is 4.79 Å². The summed E-state index contributed by atoms with van der Waals surface area (Å²) in [5.74, 6) is 0. The van der Waals surface area contributed by atoms with E-state index < -0.39 is 0 Å². The predicted molar refractivity (Wildman–Crippen MR) is 37.3 cm³/mol. The molecule has 0 amide bonds. The van der Waals surface area contributed by atoms with Crippen LogP contribution in [0.3, 0.4) is 0 Å². The van der Waals surface area contributed by atoms with Gasteiger partial charge < -0.3 is 10.1 Å². The average Bonchev–Trinajstić information content (AvgIpc) is 1.94. The van der Waals surface area contributed by atoms with E-state index in [9.17, 15) is 4.79 Å². The summed E-state index contributed by atoms with van der Waals surface area (Å²) < 4.78 is 4.33. The summed E-state index contributed by atoms with van der Waals surface area (Å²) in [5.41, 5.74) is 0. The van der Waals surface area contributed by atoms with Crippen molar-refractivity contribution in [3.8, 4) is 0 Å². The molecule has 1 N–H and O–H groups in total. The minimum atomic E-state index is 0.442. The van der Waals surface area contributed by atoms with E-state index in [1.807, 2.05) is 13.8 Å². The van der Waals surface area contributed by atoms with E-state index >= 15 is 0 Å². The van der Waals surface area contributed by atoms with Crippen molar-refractivity contribution in [3.63, 3.8) is 0 Å². The Labute approximate surface area is 56.4 Å². The number of carbonyl (C=O) groups excluding carboxylic acids is 1. The van der Waals surface area contributed by atoms with Crippen LogP contribution in [-0.2, 0) is 9.53 Å². The van der Waals surface area contributed by atoms with E-state index in [4.69, 9.17) is 0 Å². The lowest BCUT2D eigenvalue weighted by molar-refractivity contribution is -0.128. The molecule has 0 aromatic heterocycles. The molecule has 0 aliphatic heterocycles. The SMILES string of the molecule is CC.CNCCOC=O. The normalized spacial score (nSPS) is 7.00. The summed E-state index contributed by atoms with van der Waals surface area (Å²) in [6.45, 7) is 5.62. The molecule has 0 atom stereocenters. The second-order valence-corrected chi connectivity index (χ2v) is 1.07. The molecule has 0 aliphatic carbocycles. The smallest absolute Gasteiger partial charge is 0.293 e. The molecule has 0 saturated carbocycles. The van der Waals surface area contributed by atoms with Crippen molar-refractivity contribution in [1.29, 1.82) is 0 Å². The van der Waals surface area contributed by atoms with Crippen molar-refractivity contribution < 1.29 is 9.53 Å². The second-order valence-electron chi connectivity index (χ2n) is 1.07. The van der Waals surface area contributed by atoms with Crippen LogP contribution in [0.25, 0.3) is 0 Å². The highest BCUT2D eigenvalue weighted by molar-refractivity contribution is 5.36. The van der Waals surface area contributed by atoms with Gasteiger partial charge >= 0.3 is 0 Å². The maximum Gasteiger partial charge on any atom is 0.293 e. The zero-order chi connectivity index (χ0) is 7.54. The Kier molecular flexibility index (Phi) is 19.6. The monoisotopic (exact) mass is 133 g/mol. The molecule has 0 heterocycles. The van der Waals surface area contributed by atoms with Gasteiger partial charge in [0.2, 0.25) is 0 Å². The molecule has 0 rings (SSSR count). The van der Waals surface area contributed by atoms with Gasteiger partial charge in [-0.25, -0.2) is 0 Å². The summed E-state index contributed by atoms with van der Waals surface area (Å²) in [6, 6.07) is 0. The minimum Gasteiger partial charge on any atom is -0.467 e. The Morgan fingerprint density at radius 2 is 2.11 bits per heavy atom. The Balaban J connectivity index is 0. The summed E-state index contributed by atoms with van der Waals surface area (Å²) >= 11 is 0. The van der Waals surface area contributed by atoms with Crippen molar-refractivity contribution in [1.82, 2.24) is 5.32 Å². The van der Waals surface area contributed by atoms with Gasteiger partial charge in [0.15, 0.2) is 0 Å². The van der Waals surface area contributed by atoms with Crippen LogP contribution in [0.5, 0.6) is 0 Å². The Morgan fingerprint density at radius 1 is 1.56 bits per heavy atom. The molecule has 56 valence electrons. The average molecular weight is 133 g/mol. The first kappa shape index (κ1) is 11.3. The Morgan fingerprint density at radius 3 is 2.44 bits per heavy atom. The van der Waals surface area contributed by atoms with Crippen LogP contribution in [0.2, 0.25) is 0 Å². The van der Waals surface area contributed by atoms with Crippen molar-refractivity contribution in [3.05, 3.63) is 0 Å². The lowest BCUT2D eigenvalue weighted by Gasteiger charge is -1.93. The van der Waals surface area contributed by atoms with Crippen LogP contribution < -0.4 is 5.32 Å². The Bertz CT molecular complexity index is 48.3. The van der Waals surface area contributed by atoms with E-state index in [-0.39, 0.29) is 0 Å². The van der Waals surface area contributed by atoms with Gasteiger partial charge in [0.05, 0.1) is 0 Å². The number of likely N-dealkylation sites (N-methyl/N-ethyl adjacent to an activating group) is 1. The highest BCUT2D eigenvalue weighted by atomic mass is 16.5. The second kappa shape index (κ2) is 15.7. The highest BCUT2D eigenvalue weighted by Gasteiger charge is 1.76. The third kappa shape index (κ3) is 18.6. The number of nitrogens with one attached hydrogen (secondary N) is 1. The standard InChI is InChI=1S/C4H9NO2.C2H6/c1-5-2-3-7-4-6;1-2/h4-5H,2-3H2,1H3;1-2H3. The molecule has 0 unspecified atom stereocenters. The maximum absolute atomic E-state index is 9.43. The fraction of sp³-hybridized carbons (Fsp3) is 0.833. The van der Waals surface area contributed by atoms with Crippen LogP contribution in [0.1, 0.15) is 13.8 Å². The zero-order valence-corrected chi connectivity index (χ0v) is 6.31. The summed E-state index contributed by atoms with van der Waals surface area (Å²) in [5, 5.41) is 2.82. The molecule has 0 bridgehead atoms. The van der Waals surface area contributed by atoms with Gasteiger partial charge in [-0.1, -0.05) is 13.8 Å². The third-order valence-corrected chi connectivity index (χ3v) is 0.538. The number of carbonyl (C=O) groups is 1. The molecular formula is C6H15NO2. The highest BCUT2D eigenvalue weighted by Crippen LogP contribution is 1.59. The van der Waals surface area contributed by atoms with Crippen LogP contribution in [-0.4, -0.2) is 26.7 Å². The van der Waals surface area contributed by atoms with Crippen molar-refractivity contribution in [2.45, 2.75) is 13.8 Å². The molecule has 0 aliphatic rings. The first-order valence-corrected chi connectivity index (χ1v) is 3.11. The molecule has 0 aromatic carbocycles. The van der Waals surface area contributed by atoms with Crippen molar-refractivity contribution in [2.75, 3.05) is 20.2 Å². The summed E-state index contributed by atoms with van der Waals surface area (Å²) in [7, 11) is 1.80. The molecular weight excluding hydrogens is 118 g/mol. The largest absolute Gasteiger partial charge is 0.467 e. The molecule has 0 fully saturated rings. The molecule has 0 radical (unpaired) electrons. The molecule has 9 heavy (non-hydrogen) atoms. The zero-order valence-electron chi connectivity index (χ0n) is 6.31.